The minimum absolute atomic E-state index is 0.00294. The maximum Gasteiger partial charge on any atom is 0.333 e. The Morgan fingerprint density at radius 2 is 1.95 bits per heavy atom. The zero-order chi connectivity index (χ0) is 15.3. The highest BCUT2D eigenvalue weighted by molar-refractivity contribution is 5.83. The number of phenolic OH excluding ortho intramolecular Hbond substituents is 1. The third kappa shape index (κ3) is 4.52. The van der Waals surface area contributed by atoms with Crippen LogP contribution < -0.4 is 0 Å². The average molecular weight is 283 g/mol. The Morgan fingerprint density at radius 3 is 2.50 bits per heavy atom. The summed E-state index contributed by atoms with van der Waals surface area (Å²) in [5, 5.41) is 36.8. The van der Waals surface area contributed by atoms with Gasteiger partial charge in [-0.15, -0.1) is 0 Å². The summed E-state index contributed by atoms with van der Waals surface area (Å²) in [6, 6.07) is 5.97. The molecule has 0 aliphatic carbocycles. The van der Waals surface area contributed by atoms with Crippen LogP contribution in [0.2, 0.25) is 0 Å². The molecule has 0 spiro atoms. The number of amides is 1. The van der Waals surface area contributed by atoms with Gasteiger partial charge in [-0.25, -0.2) is 4.79 Å². The predicted molar refractivity (Wildman–Crippen MR) is 69.0 cm³/mol. The second-order valence-electron chi connectivity index (χ2n) is 4.44. The molecular formula is C13H17NO6. The predicted octanol–water partition coefficient (Wildman–Crippen LogP) is -0.280. The Hall–Kier alpha value is -2.12. The van der Waals surface area contributed by atoms with Crippen molar-refractivity contribution in [3.63, 3.8) is 0 Å². The Balaban J connectivity index is 2.59. The summed E-state index contributed by atoms with van der Waals surface area (Å²) >= 11 is 0. The van der Waals surface area contributed by atoms with Crippen molar-refractivity contribution < 1.29 is 30.0 Å². The Kier molecular flexibility index (Phi) is 5.48. The van der Waals surface area contributed by atoms with Crippen LogP contribution in [0, 0.1) is 0 Å². The van der Waals surface area contributed by atoms with Crippen LogP contribution in [0.25, 0.3) is 0 Å². The van der Waals surface area contributed by atoms with Gasteiger partial charge in [0.15, 0.2) is 6.10 Å². The van der Waals surface area contributed by atoms with Crippen LogP contribution in [0.3, 0.4) is 0 Å². The molecule has 0 heterocycles. The molecule has 1 aromatic carbocycles. The molecule has 0 bridgehead atoms. The maximum absolute atomic E-state index is 11.6. The minimum Gasteiger partial charge on any atom is -0.508 e. The molecule has 0 radical (unpaired) electrons. The molecule has 7 nitrogen and oxygen atoms in total. The van der Waals surface area contributed by atoms with E-state index in [1.165, 1.54) is 19.2 Å². The molecule has 0 aliphatic rings. The number of carbonyl (C=O) groups is 2. The quantitative estimate of drug-likeness (QED) is 0.570. The van der Waals surface area contributed by atoms with Crippen LogP contribution in [-0.4, -0.2) is 56.9 Å². The molecule has 4 N–H and O–H groups in total. The van der Waals surface area contributed by atoms with E-state index in [4.69, 9.17) is 10.2 Å². The smallest absolute Gasteiger partial charge is 0.333 e. The van der Waals surface area contributed by atoms with Crippen molar-refractivity contribution >= 4 is 11.9 Å². The van der Waals surface area contributed by atoms with Crippen molar-refractivity contribution in [1.29, 1.82) is 0 Å². The van der Waals surface area contributed by atoms with Crippen molar-refractivity contribution in [2.45, 2.75) is 18.6 Å². The van der Waals surface area contributed by atoms with Crippen LogP contribution >= 0.6 is 0 Å². The molecule has 110 valence electrons. The van der Waals surface area contributed by atoms with E-state index < -0.39 is 30.5 Å². The molecule has 1 amide bonds. The standard InChI is InChI=1S/C13H17NO6/c1-14(12(18)6-10(16)13(19)20)7-11(17)8-3-2-4-9(15)5-8/h2-5,10-11,15-17H,6-7H2,1H3,(H,19,20)/t10-,11+/m1/s1. The molecule has 0 aromatic heterocycles. The number of phenols is 1. The molecule has 1 aromatic rings. The number of hydrogen-bond donors (Lipinski definition) is 4. The fraction of sp³-hybridized carbons (Fsp3) is 0.385. The molecular weight excluding hydrogens is 266 g/mol. The molecule has 0 saturated carbocycles. The molecule has 20 heavy (non-hydrogen) atoms. The van der Waals surface area contributed by atoms with Gasteiger partial charge < -0.3 is 25.3 Å². The summed E-state index contributed by atoms with van der Waals surface area (Å²) < 4.78 is 0. The van der Waals surface area contributed by atoms with Gasteiger partial charge in [-0.2, -0.15) is 0 Å². The van der Waals surface area contributed by atoms with E-state index in [1.807, 2.05) is 0 Å². The molecule has 2 atom stereocenters. The lowest BCUT2D eigenvalue weighted by atomic mass is 10.1. The van der Waals surface area contributed by atoms with E-state index in [9.17, 15) is 19.8 Å². The summed E-state index contributed by atoms with van der Waals surface area (Å²) in [5.41, 5.74) is 0.434. The summed E-state index contributed by atoms with van der Waals surface area (Å²) in [5.74, 6) is -2.07. The fourth-order valence-corrected chi connectivity index (χ4v) is 1.61. The monoisotopic (exact) mass is 283 g/mol. The largest absolute Gasteiger partial charge is 0.508 e. The van der Waals surface area contributed by atoms with Gasteiger partial charge in [0.2, 0.25) is 5.91 Å². The highest BCUT2D eigenvalue weighted by Gasteiger charge is 2.22. The number of aliphatic hydroxyl groups is 2. The van der Waals surface area contributed by atoms with Gasteiger partial charge >= 0.3 is 5.97 Å². The second kappa shape index (κ2) is 6.88. The second-order valence-corrected chi connectivity index (χ2v) is 4.44. The number of likely N-dealkylation sites (N-methyl/N-ethyl adjacent to an activating group) is 1. The Bertz CT molecular complexity index is 490. The van der Waals surface area contributed by atoms with Gasteiger partial charge in [0.05, 0.1) is 19.1 Å². The summed E-state index contributed by atoms with van der Waals surface area (Å²) in [4.78, 5) is 23.2. The first-order chi connectivity index (χ1) is 9.31. The molecule has 0 saturated heterocycles. The van der Waals surface area contributed by atoms with Crippen LogP contribution in [0.4, 0.5) is 0 Å². The molecule has 7 heteroatoms. The van der Waals surface area contributed by atoms with Crippen LogP contribution in [0.1, 0.15) is 18.1 Å². The van der Waals surface area contributed by atoms with E-state index in [0.29, 0.717) is 5.56 Å². The number of aliphatic hydroxyl groups excluding tert-OH is 2. The summed E-state index contributed by atoms with van der Waals surface area (Å²) in [7, 11) is 1.39. The number of carbonyl (C=O) groups excluding carboxylic acids is 1. The van der Waals surface area contributed by atoms with Gasteiger partial charge in [-0.05, 0) is 17.7 Å². The average Bonchev–Trinajstić information content (AvgIpc) is 2.38. The van der Waals surface area contributed by atoms with E-state index >= 15 is 0 Å². The van der Waals surface area contributed by atoms with Gasteiger partial charge in [-0.3, -0.25) is 4.79 Å². The van der Waals surface area contributed by atoms with Gasteiger partial charge in [0.1, 0.15) is 5.75 Å². The number of hydrogen-bond acceptors (Lipinski definition) is 5. The SMILES string of the molecule is CN(C[C@H](O)c1cccc(O)c1)C(=O)C[C@@H](O)C(=O)O. The number of aliphatic carboxylic acids is 1. The van der Waals surface area contributed by atoms with Crippen molar-refractivity contribution in [1.82, 2.24) is 4.90 Å². The lowest BCUT2D eigenvalue weighted by molar-refractivity contribution is -0.151. The number of carboxylic acids is 1. The first kappa shape index (κ1) is 15.9. The molecule has 0 aliphatic heterocycles. The lowest BCUT2D eigenvalue weighted by Crippen LogP contribution is -2.35. The number of carboxylic acid groups (broad SMARTS) is 1. The van der Waals surface area contributed by atoms with Gasteiger partial charge in [0, 0.05) is 7.05 Å². The number of benzene rings is 1. The first-order valence-electron chi connectivity index (χ1n) is 5.93. The van der Waals surface area contributed by atoms with Crippen LogP contribution in [-0.2, 0) is 9.59 Å². The van der Waals surface area contributed by atoms with E-state index in [0.717, 1.165) is 4.90 Å². The number of rotatable bonds is 6. The topological polar surface area (TPSA) is 118 Å². The number of nitrogens with zero attached hydrogens (tertiary/aromatic N) is 1. The first-order valence-corrected chi connectivity index (χ1v) is 5.93. The lowest BCUT2D eigenvalue weighted by Gasteiger charge is -2.21. The van der Waals surface area contributed by atoms with Gasteiger partial charge in [0.25, 0.3) is 0 Å². The molecule has 1 rings (SSSR count). The molecule has 0 fully saturated rings. The van der Waals surface area contributed by atoms with Crippen LogP contribution in [0.15, 0.2) is 24.3 Å². The van der Waals surface area contributed by atoms with Gasteiger partial charge in [-0.1, -0.05) is 12.1 Å². The summed E-state index contributed by atoms with van der Waals surface area (Å²) in [6.07, 6.45) is -3.33. The number of aromatic hydroxyl groups is 1. The van der Waals surface area contributed by atoms with Crippen molar-refractivity contribution in [2.24, 2.45) is 0 Å². The highest BCUT2D eigenvalue weighted by atomic mass is 16.4. The Morgan fingerprint density at radius 1 is 1.30 bits per heavy atom. The zero-order valence-electron chi connectivity index (χ0n) is 10.9. The van der Waals surface area contributed by atoms with Crippen LogP contribution in [0.5, 0.6) is 5.75 Å². The summed E-state index contributed by atoms with van der Waals surface area (Å²) in [6.45, 7) is -0.0748. The normalized spacial score (nSPS) is 13.6. The third-order valence-electron chi connectivity index (χ3n) is 2.78. The minimum atomic E-state index is -1.76. The van der Waals surface area contributed by atoms with E-state index in [1.54, 1.807) is 12.1 Å². The highest BCUT2D eigenvalue weighted by Crippen LogP contribution is 2.19. The Labute approximate surface area is 115 Å². The molecule has 0 unspecified atom stereocenters. The third-order valence-corrected chi connectivity index (χ3v) is 2.78. The maximum atomic E-state index is 11.6. The zero-order valence-corrected chi connectivity index (χ0v) is 10.9. The van der Waals surface area contributed by atoms with Crippen molar-refractivity contribution in [2.75, 3.05) is 13.6 Å². The fourth-order valence-electron chi connectivity index (χ4n) is 1.61. The van der Waals surface area contributed by atoms with Crippen molar-refractivity contribution in [3.05, 3.63) is 29.8 Å². The van der Waals surface area contributed by atoms with E-state index in [2.05, 4.69) is 0 Å². The van der Waals surface area contributed by atoms with E-state index in [-0.39, 0.29) is 12.3 Å². The van der Waals surface area contributed by atoms with Crippen molar-refractivity contribution in [3.8, 4) is 5.75 Å².